The molecule has 4 aromatic heterocycles. The van der Waals surface area contributed by atoms with Crippen molar-refractivity contribution in [1.29, 1.82) is 0 Å². The first-order valence-electron chi connectivity index (χ1n) is 42.1. The van der Waals surface area contributed by atoms with E-state index in [1.54, 1.807) is 45.3 Å². The van der Waals surface area contributed by atoms with E-state index in [2.05, 4.69) is 416 Å². The van der Waals surface area contributed by atoms with Gasteiger partial charge < -0.3 is 0 Å². The third-order valence-electron chi connectivity index (χ3n) is 24.5. The van der Waals surface area contributed by atoms with E-state index in [0.29, 0.717) is 0 Å². The summed E-state index contributed by atoms with van der Waals surface area (Å²) in [5.74, 6) is 0. The molecular formula is C116H76N4S4. The van der Waals surface area contributed by atoms with E-state index >= 15 is 0 Å². The Labute approximate surface area is 734 Å². The van der Waals surface area contributed by atoms with Gasteiger partial charge in [-0.25, -0.2) is 19.9 Å². The van der Waals surface area contributed by atoms with Crippen LogP contribution in [0, 0.1) is 27.7 Å². The standard InChI is InChI=1S/2C58H38N2S2/c2*1-35-21-31-47-49(33-35)61-57(59-47)41-27-23-39(24-28-41)53-45-19-11-12-20-46(45)54(40-25-29-42(30-26-40)58-60-48-32-22-36(2)34-50(48)62-58)56-52(38-15-7-4-8-16-38)44-18-10-9-17-43(44)51(55(53)56)37-13-5-3-6-14-37/h2*3-34H,1-2H3. The third-order valence-corrected chi connectivity index (χ3v) is 28.7. The van der Waals surface area contributed by atoms with Gasteiger partial charge in [0.2, 0.25) is 0 Å². The van der Waals surface area contributed by atoms with Crippen molar-refractivity contribution in [3.05, 3.63) is 411 Å². The molecule has 24 rings (SSSR count). The van der Waals surface area contributed by atoms with Gasteiger partial charge >= 0.3 is 0 Å². The molecule has 0 amide bonds. The Morgan fingerprint density at radius 1 is 0.153 bits per heavy atom. The van der Waals surface area contributed by atoms with Crippen molar-refractivity contribution in [3.63, 3.8) is 0 Å². The number of aromatic nitrogens is 4. The summed E-state index contributed by atoms with van der Waals surface area (Å²) in [6.07, 6.45) is 0. The molecule has 0 saturated heterocycles. The van der Waals surface area contributed by atoms with E-state index in [9.17, 15) is 0 Å². The van der Waals surface area contributed by atoms with E-state index in [1.807, 2.05) is 0 Å². The number of nitrogens with zero attached hydrogens (tertiary/aromatic N) is 4. The molecule has 0 radical (unpaired) electrons. The van der Waals surface area contributed by atoms with Crippen molar-refractivity contribution in [3.8, 4) is 131 Å². The average molecular weight is 1650 g/mol. The molecule has 0 aliphatic rings. The SMILES string of the molecule is Cc1ccc2nc(-c3ccc(-c4c5ccccc5c(-c5ccc(-c6nc7ccc(C)cc7s6)cc5)c5c(-c6ccccc6)c6ccccc6c(-c6ccccc6)c45)cc3)sc2c1.Cc1ccc2nc(-c3ccc(-c4c5ccccc5c(-c5ccc(-c6nc7ccc(C)cc7s6)cc5)c5c(-c6ccccc6)c6ccccc6c(-c6ccccc6)c45)cc3)sc2c1. The van der Waals surface area contributed by atoms with Crippen LogP contribution in [0.4, 0.5) is 0 Å². The Morgan fingerprint density at radius 2 is 0.306 bits per heavy atom. The van der Waals surface area contributed by atoms with E-state index in [0.717, 1.165) is 64.4 Å². The van der Waals surface area contributed by atoms with Gasteiger partial charge in [-0.05, 0) is 252 Å². The smallest absolute Gasteiger partial charge is 0.124 e. The maximum absolute atomic E-state index is 5.06. The Balaban J connectivity index is 0.000000143. The molecule has 0 saturated carbocycles. The van der Waals surface area contributed by atoms with Crippen molar-refractivity contribution in [2.24, 2.45) is 0 Å². The van der Waals surface area contributed by atoms with Crippen LogP contribution in [0.1, 0.15) is 22.3 Å². The molecule has 0 aliphatic carbocycles. The summed E-state index contributed by atoms with van der Waals surface area (Å²) in [5, 5.41) is 18.9. The minimum absolute atomic E-state index is 1.04. The van der Waals surface area contributed by atoms with Gasteiger partial charge in [-0.3, -0.25) is 0 Å². The normalized spacial score (nSPS) is 11.7. The monoisotopic (exact) mass is 1650 g/mol. The second kappa shape index (κ2) is 30.9. The summed E-state index contributed by atoms with van der Waals surface area (Å²) in [6.45, 7) is 8.57. The van der Waals surface area contributed by atoms with Crippen LogP contribution in [0.3, 0.4) is 0 Å². The van der Waals surface area contributed by atoms with Gasteiger partial charge in [0.1, 0.15) is 20.0 Å². The van der Waals surface area contributed by atoms with Crippen LogP contribution < -0.4 is 0 Å². The molecule has 584 valence electrons. The number of rotatable bonds is 12. The average Bonchev–Trinajstić information content (AvgIpc) is 1.65. The van der Waals surface area contributed by atoms with Gasteiger partial charge in [-0.15, -0.1) is 45.3 Å². The van der Waals surface area contributed by atoms with Crippen LogP contribution in [-0.4, -0.2) is 19.9 Å². The molecular weight excluding hydrogens is 1580 g/mol. The summed E-state index contributed by atoms with van der Waals surface area (Å²) in [7, 11) is 0. The zero-order valence-corrected chi connectivity index (χ0v) is 71.6. The maximum atomic E-state index is 5.06. The van der Waals surface area contributed by atoms with Crippen LogP contribution in [0.2, 0.25) is 0 Å². The molecule has 20 aromatic carbocycles. The minimum atomic E-state index is 1.04. The molecule has 0 atom stereocenters. The van der Waals surface area contributed by atoms with Crippen LogP contribution in [0.15, 0.2) is 388 Å². The van der Waals surface area contributed by atoms with Crippen molar-refractivity contribution < 1.29 is 0 Å². The summed E-state index contributed by atoms with van der Waals surface area (Å²) < 4.78 is 4.86. The predicted octanol–water partition coefficient (Wildman–Crippen LogP) is 34.0. The molecule has 0 spiro atoms. The minimum Gasteiger partial charge on any atom is -0.236 e. The lowest BCUT2D eigenvalue weighted by Crippen LogP contribution is -1.97. The Morgan fingerprint density at radius 3 is 0.484 bits per heavy atom. The Bertz CT molecular complexity index is 7360. The molecule has 0 aliphatic heterocycles. The number of fused-ring (bicyclic) bond motifs is 10. The fourth-order valence-electron chi connectivity index (χ4n) is 18.8. The first-order valence-corrected chi connectivity index (χ1v) is 45.4. The van der Waals surface area contributed by atoms with Crippen molar-refractivity contribution in [2.75, 3.05) is 0 Å². The molecule has 0 bridgehead atoms. The van der Waals surface area contributed by atoms with Crippen molar-refractivity contribution in [1.82, 2.24) is 19.9 Å². The highest BCUT2D eigenvalue weighted by Gasteiger charge is 2.30. The molecule has 0 unspecified atom stereocenters. The fourth-order valence-corrected chi connectivity index (χ4v) is 23.1. The molecule has 0 fully saturated rings. The van der Waals surface area contributed by atoms with Gasteiger partial charge in [-0.2, -0.15) is 0 Å². The van der Waals surface area contributed by atoms with Crippen LogP contribution in [0.5, 0.6) is 0 Å². The zero-order valence-electron chi connectivity index (χ0n) is 68.4. The molecule has 24 aromatic rings. The Kier molecular flexibility index (Phi) is 18.6. The van der Waals surface area contributed by atoms with E-state index in [4.69, 9.17) is 19.9 Å². The van der Waals surface area contributed by atoms with Gasteiger partial charge in [0.05, 0.1) is 40.9 Å². The number of thiazole rings is 4. The third kappa shape index (κ3) is 13.1. The number of benzene rings is 20. The molecule has 0 N–H and O–H groups in total. The van der Waals surface area contributed by atoms with Crippen molar-refractivity contribution in [2.45, 2.75) is 27.7 Å². The first-order chi connectivity index (χ1) is 61.1. The number of hydrogen-bond donors (Lipinski definition) is 0. The van der Waals surface area contributed by atoms with E-state index in [-0.39, 0.29) is 0 Å². The van der Waals surface area contributed by atoms with Gasteiger partial charge in [-0.1, -0.05) is 340 Å². The fraction of sp³-hybridized carbons (Fsp3) is 0.0345. The molecule has 4 heterocycles. The zero-order chi connectivity index (χ0) is 82.6. The second-order valence-electron chi connectivity index (χ2n) is 32.4. The summed E-state index contributed by atoms with van der Waals surface area (Å²) >= 11 is 7.03. The lowest BCUT2D eigenvalue weighted by Gasteiger charge is -2.25. The molecule has 4 nitrogen and oxygen atoms in total. The highest BCUT2D eigenvalue weighted by Crippen LogP contribution is 2.57. The molecule has 8 heteroatoms. The van der Waals surface area contributed by atoms with Gasteiger partial charge in [0.15, 0.2) is 0 Å². The molecule has 124 heavy (non-hydrogen) atoms. The number of aryl methyl sites for hydroxylation is 4. The highest BCUT2D eigenvalue weighted by molar-refractivity contribution is 7.22. The van der Waals surface area contributed by atoms with Crippen molar-refractivity contribution >= 4 is 151 Å². The van der Waals surface area contributed by atoms with Crippen LogP contribution in [-0.2, 0) is 0 Å². The second-order valence-corrected chi connectivity index (χ2v) is 36.5. The lowest BCUT2D eigenvalue weighted by atomic mass is 9.77. The van der Waals surface area contributed by atoms with E-state index in [1.165, 1.54) is 195 Å². The van der Waals surface area contributed by atoms with Crippen LogP contribution >= 0.6 is 45.3 Å². The van der Waals surface area contributed by atoms with Crippen LogP contribution in [0.25, 0.3) is 237 Å². The van der Waals surface area contributed by atoms with E-state index < -0.39 is 0 Å². The van der Waals surface area contributed by atoms with Gasteiger partial charge in [0, 0.05) is 22.3 Å². The summed E-state index contributed by atoms with van der Waals surface area (Å²) in [5.41, 5.74) is 33.0. The lowest BCUT2D eigenvalue weighted by molar-refractivity contribution is 1.45. The number of hydrogen-bond acceptors (Lipinski definition) is 8. The topological polar surface area (TPSA) is 51.6 Å². The summed E-state index contributed by atoms with van der Waals surface area (Å²) in [6, 6.07) is 143. The Hall–Kier alpha value is -14.5. The van der Waals surface area contributed by atoms with Gasteiger partial charge in [0.25, 0.3) is 0 Å². The maximum Gasteiger partial charge on any atom is 0.124 e. The quantitative estimate of drug-likeness (QED) is 0.114. The highest BCUT2D eigenvalue weighted by atomic mass is 32.1. The largest absolute Gasteiger partial charge is 0.236 e. The summed E-state index contributed by atoms with van der Waals surface area (Å²) in [4.78, 5) is 20.2. The predicted molar refractivity (Wildman–Crippen MR) is 535 cm³/mol. The first kappa shape index (κ1) is 74.6.